The van der Waals surface area contributed by atoms with Crippen molar-refractivity contribution in [2.75, 3.05) is 0 Å². The average molecular weight is 313 g/mol. The maximum atomic E-state index is 12.7. The number of rotatable bonds is 2. The van der Waals surface area contributed by atoms with Gasteiger partial charge in [0.2, 0.25) is 0 Å². The van der Waals surface area contributed by atoms with Gasteiger partial charge in [-0.3, -0.25) is 4.79 Å². The van der Waals surface area contributed by atoms with Crippen molar-refractivity contribution in [1.82, 2.24) is 0 Å². The van der Waals surface area contributed by atoms with Gasteiger partial charge < -0.3 is 0 Å². The highest BCUT2D eigenvalue weighted by atomic mass is 35.5. The van der Waals surface area contributed by atoms with Crippen LogP contribution in [0, 0.1) is 13.8 Å². The quantitative estimate of drug-likeness (QED) is 0.696. The molecule has 0 aliphatic carbocycles. The van der Waals surface area contributed by atoms with E-state index in [1.807, 2.05) is 0 Å². The van der Waals surface area contributed by atoms with E-state index in [4.69, 9.17) is 11.6 Å². The van der Waals surface area contributed by atoms with Crippen LogP contribution >= 0.6 is 11.6 Å². The minimum Gasteiger partial charge on any atom is -0.289 e. The van der Waals surface area contributed by atoms with Crippen LogP contribution in [0.5, 0.6) is 0 Å². The molecule has 0 amide bonds. The smallest absolute Gasteiger partial charge is 0.289 e. The fourth-order valence-corrected chi connectivity index (χ4v) is 2.24. The normalized spacial score (nSPS) is 11.5. The van der Waals surface area contributed by atoms with Gasteiger partial charge in [-0.15, -0.1) is 0 Å². The molecule has 0 aromatic heterocycles. The van der Waals surface area contributed by atoms with Crippen molar-refractivity contribution in [3.8, 4) is 0 Å². The predicted molar refractivity (Wildman–Crippen MR) is 75.8 cm³/mol. The van der Waals surface area contributed by atoms with E-state index in [9.17, 15) is 18.0 Å². The molecule has 0 fully saturated rings. The van der Waals surface area contributed by atoms with Gasteiger partial charge in [-0.05, 0) is 49.2 Å². The molecule has 0 aliphatic rings. The maximum absolute atomic E-state index is 12.7. The number of benzene rings is 2. The van der Waals surface area contributed by atoms with Gasteiger partial charge in [-0.1, -0.05) is 23.7 Å². The molecule has 0 unspecified atom stereocenters. The molecule has 0 radical (unpaired) electrons. The van der Waals surface area contributed by atoms with Gasteiger partial charge in [0.1, 0.15) is 0 Å². The first-order valence-electron chi connectivity index (χ1n) is 6.19. The molecule has 2 aromatic rings. The van der Waals surface area contributed by atoms with Crippen LogP contribution < -0.4 is 0 Å². The zero-order valence-corrected chi connectivity index (χ0v) is 12.1. The first kappa shape index (κ1) is 15.6. The Morgan fingerprint density at radius 3 is 2.33 bits per heavy atom. The van der Waals surface area contributed by atoms with E-state index in [0.717, 1.165) is 12.1 Å². The summed E-state index contributed by atoms with van der Waals surface area (Å²) in [7, 11) is 0. The predicted octanol–water partition coefficient (Wildman–Crippen LogP) is 5.21. The summed E-state index contributed by atoms with van der Waals surface area (Å²) in [4.78, 5) is 12.4. The molecule has 0 aliphatic heterocycles. The monoisotopic (exact) mass is 312 g/mol. The number of carbonyl (C=O) groups excluding carboxylic acids is 1. The summed E-state index contributed by atoms with van der Waals surface area (Å²) in [6, 6.07) is 7.65. The highest BCUT2D eigenvalue weighted by Crippen LogP contribution is 2.30. The molecular formula is C16H12ClF3O. The van der Waals surface area contributed by atoms with E-state index in [-0.39, 0.29) is 5.56 Å². The van der Waals surface area contributed by atoms with Gasteiger partial charge in [0, 0.05) is 16.1 Å². The lowest BCUT2D eigenvalue weighted by Gasteiger charge is -2.10. The molecule has 5 heteroatoms. The summed E-state index contributed by atoms with van der Waals surface area (Å²) in [6.45, 7) is 3.44. The Kier molecular flexibility index (Phi) is 4.10. The van der Waals surface area contributed by atoms with Crippen LogP contribution in [0.4, 0.5) is 13.2 Å². The molecule has 0 saturated heterocycles. The molecule has 0 atom stereocenters. The van der Waals surface area contributed by atoms with Crippen molar-refractivity contribution in [2.45, 2.75) is 20.0 Å². The molecule has 0 N–H and O–H groups in total. The summed E-state index contributed by atoms with van der Waals surface area (Å²) in [6.07, 6.45) is -4.47. The van der Waals surface area contributed by atoms with Crippen LogP contribution in [0.2, 0.25) is 5.02 Å². The van der Waals surface area contributed by atoms with Crippen molar-refractivity contribution in [3.63, 3.8) is 0 Å². The van der Waals surface area contributed by atoms with E-state index < -0.39 is 17.5 Å². The first-order chi connectivity index (χ1) is 9.70. The Bertz CT molecular complexity index is 705. The molecule has 0 spiro atoms. The maximum Gasteiger partial charge on any atom is 0.416 e. The zero-order chi connectivity index (χ0) is 15.8. The molecule has 110 valence electrons. The Balaban J connectivity index is 2.48. The highest BCUT2D eigenvalue weighted by Gasteiger charge is 2.31. The summed E-state index contributed by atoms with van der Waals surface area (Å²) in [5, 5.41) is 0.521. The number of aryl methyl sites for hydroxylation is 2. The van der Waals surface area contributed by atoms with Crippen molar-refractivity contribution in [1.29, 1.82) is 0 Å². The van der Waals surface area contributed by atoms with Crippen molar-refractivity contribution in [3.05, 3.63) is 69.2 Å². The lowest BCUT2D eigenvalue weighted by molar-refractivity contribution is -0.137. The van der Waals surface area contributed by atoms with Crippen LogP contribution in [0.3, 0.4) is 0 Å². The summed E-state index contributed by atoms with van der Waals surface area (Å²) in [5.41, 5.74) is 0.869. The van der Waals surface area contributed by atoms with Crippen molar-refractivity contribution >= 4 is 17.4 Å². The lowest BCUT2D eigenvalue weighted by Crippen LogP contribution is -2.09. The second-order valence-electron chi connectivity index (χ2n) is 4.82. The van der Waals surface area contributed by atoms with Crippen LogP contribution in [-0.4, -0.2) is 5.78 Å². The van der Waals surface area contributed by atoms with Gasteiger partial charge in [0.15, 0.2) is 5.78 Å². The molecule has 21 heavy (non-hydrogen) atoms. The molecule has 0 heterocycles. The van der Waals surface area contributed by atoms with Gasteiger partial charge in [0.25, 0.3) is 0 Å². The second-order valence-corrected chi connectivity index (χ2v) is 5.23. The van der Waals surface area contributed by atoms with E-state index in [1.54, 1.807) is 26.0 Å². The van der Waals surface area contributed by atoms with Gasteiger partial charge >= 0.3 is 6.18 Å². The minimum absolute atomic E-state index is 0.00893. The van der Waals surface area contributed by atoms with E-state index >= 15 is 0 Å². The third kappa shape index (κ3) is 3.27. The van der Waals surface area contributed by atoms with Crippen LogP contribution in [-0.2, 0) is 6.18 Å². The van der Waals surface area contributed by atoms with Crippen molar-refractivity contribution < 1.29 is 18.0 Å². The number of ketones is 1. The number of hydrogen-bond donors (Lipinski definition) is 0. The third-order valence-corrected chi connectivity index (χ3v) is 3.61. The SMILES string of the molecule is Cc1cc(C(=O)c2cccc(C(F)(F)F)c2)c(C)cc1Cl. The van der Waals surface area contributed by atoms with E-state index in [2.05, 4.69) is 0 Å². The van der Waals surface area contributed by atoms with Crippen molar-refractivity contribution in [2.24, 2.45) is 0 Å². The number of carbonyl (C=O) groups is 1. The molecule has 2 rings (SSSR count). The number of halogens is 4. The molecule has 1 nitrogen and oxygen atoms in total. The van der Waals surface area contributed by atoms with Gasteiger partial charge in [0.05, 0.1) is 5.56 Å². The Labute approximate surface area is 125 Å². The highest BCUT2D eigenvalue weighted by molar-refractivity contribution is 6.31. The fourth-order valence-electron chi connectivity index (χ4n) is 2.02. The Morgan fingerprint density at radius 1 is 1.05 bits per heavy atom. The fraction of sp³-hybridized carbons (Fsp3) is 0.188. The van der Waals surface area contributed by atoms with E-state index in [1.165, 1.54) is 12.1 Å². The zero-order valence-electron chi connectivity index (χ0n) is 11.4. The largest absolute Gasteiger partial charge is 0.416 e. The van der Waals surface area contributed by atoms with E-state index in [0.29, 0.717) is 21.7 Å². The van der Waals surface area contributed by atoms with Gasteiger partial charge in [-0.2, -0.15) is 13.2 Å². The minimum atomic E-state index is -4.47. The molecular weight excluding hydrogens is 301 g/mol. The molecule has 0 bridgehead atoms. The topological polar surface area (TPSA) is 17.1 Å². The summed E-state index contributed by atoms with van der Waals surface area (Å²) < 4.78 is 38.1. The summed E-state index contributed by atoms with van der Waals surface area (Å²) in [5.74, 6) is -0.446. The second kappa shape index (κ2) is 5.53. The number of alkyl halides is 3. The standard InChI is InChI=1S/C16H12ClF3O/c1-9-7-14(17)10(2)6-13(9)15(21)11-4-3-5-12(8-11)16(18,19)20/h3-8H,1-2H3. The van der Waals surface area contributed by atoms with Gasteiger partial charge in [-0.25, -0.2) is 0 Å². The number of hydrogen-bond acceptors (Lipinski definition) is 1. The first-order valence-corrected chi connectivity index (χ1v) is 6.56. The van der Waals surface area contributed by atoms with Crippen LogP contribution in [0.25, 0.3) is 0 Å². The average Bonchev–Trinajstić information content (AvgIpc) is 2.41. The Morgan fingerprint density at radius 2 is 1.71 bits per heavy atom. The third-order valence-electron chi connectivity index (χ3n) is 3.20. The molecule has 2 aromatic carbocycles. The molecule has 0 saturated carbocycles. The van der Waals surface area contributed by atoms with Crippen LogP contribution in [0.15, 0.2) is 36.4 Å². The lowest BCUT2D eigenvalue weighted by atomic mass is 9.96. The Hall–Kier alpha value is -1.81. The van der Waals surface area contributed by atoms with Crippen LogP contribution in [0.1, 0.15) is 32.6 Å². The summed E-state index contributed by atoms with van der Waals surface area (Å²) >= 11 is 5.96.